The Bertz CT molecular complexity index is 1050. The molecule has 0 saturated carbocycles. The average Bonchev–Trinajstić information content (AvgIpc) is 3.18. The Labute approximate surface area is 191 Å². The fourth-order valence-electron chi connectivity index (χ4n) is 2.84. The van der Waals surface area contributed by atoms with Gasteiger partial charge in [0.25, 0.3) is 0 Å². The van der Waals surface area contributed by atoms with Crippen LogP contribution in [0.1, 0.15) is 30.1 Å². The van der Waals surface area contributed by atoms with Gasteiger partial charge in [-0.3, -0.25) is 4.79 Å². The summed E-state index contributed by atoms with van der Waals surface area (Å²) in [6.07, 6.45) is 1.80. The number of nitrogens with one attached hydrogen (secondary N) is 1. The zero-order chi connectivity index (χ0) is 22.9. The molecule has 0 saturated heterocycles. The van der Waals surface area contributed by atoms with Crippen molar-refractivity contribution in [1.29, 1.82) is 0 Å². The van der Waals surface area contributed by atoms with Crippen molar-refractivity contribution in [3.63, 3.8) is 0 Å². The van der Waals surface area contributed by atoms with Crippen molar-refractivity contribution in [1.82, 2.24) is 14.8 Å². The Morgan fingerprint density at radius 2 is 1.78 bits per heavy atom. The molecule has 3 aromatic rings. The maximum atomic E-state index is 12.3. The topological polar surface area (TPSA) is 95.3 Å². The molecule has 9 heteroatoms. The first-order valence-electron chi connectivity index (χ1n) is 10.3. The summed E-state index contributed by atoms with van der Waals surface area (Å²) in [7, 11) is 3.48. The van der Waals surface area contributed by atoms with Gasteiger partial charge in [-0.2, -0.15) is 0 Å². The number of anilines is 1. The maximum absolute atomic E-state index is 12.3. The highest BCUT2D eigenvalue weighted by Crippen LogP contribution is 2.24. The first-order chi connectivity index (χ1) is 15.5. The molecule has 0 spiro atoms. The molecule has 1 heterocycles. The Balaban J connectivity index is 1.52. The van der Waals surface area contributed by atoms with E-state index in [9.17, 15) is 9.59 Å². The van der Waals surface area contributed by atoms with Gasteiger partial charge in [0, 0.05) is 18.3 Å². The third-order valence-electron chi connectivity index (χ3n) is 4.65. The highest BCUT2D eigenvalue weighted by molar-refractivity contribution is 7.99. The van der Waals surface area contributed by atoms with Crippen LogP contribution in [0.2, 0.25) is 0 Å². The number of carbonyl (C=O) groups excluding carboxylic acids is 2. The summed E-state index contributed by atoms with van der Waals surface area (Å²) in [6.45, 7) is 2.45. The molecular weight excluding hydrogens is 428 g/mol. The molecule has 0 fully saturated rings. The molecule has 0 aliphatic heterocycles. The van der Waals surface area contributed by atoms with Crippen molar-refractivity contribution < 1.29 is 19.1 Å². The second-order valence-corrected chi connectivity index (χ2v) is 7.94. The van der Waals surface area contributed by atoms with Crippen molar-refractivity contribution in [3.8, 4) is 17.1 Å². The molecule has 0 radical (unpaired) electrons. The summed E-state index contributed by atoms with van der Waals surface area (Å²) in [5.41, 5.74) is 1.97. The minimum atomic E-state index is -0.359. The molecule has 1 aromatic heterocycles. The van der Waals surface area contributed by atoms with E-state index in [0.29, 0.717) is 28.8 Å². The number of aromatic nitrogens is 3. The maximum Gasteiger partial charge on any atom is 0.338 e. The van der Waals surface area contributed by atoms with E-state index in [1.807, 2.05) is 42.8 Å². The largest absolute Gasteiger partial charge is 0.497 e. The first kappa shape index (κ1) is 23.3. The van der Waals surface area contributed by atoms with E-state index >= 15 is 0 Å². The predicted molar refractivity (Wildman–Crippen MR) is 124 cm³/mol. The second-order valence-electron chi connectivity index (χ2n) is 7.00. The third-order valence-corrected chi connectivity index (χ3v) is 5.67. The molecule has 0 aliphatic carbocycles. The molecule has 8 nitrogen and oxygen atoms in total. The fraction of sp³-hybridized carbons (Fsp3) is 0.304. The number of benzene rings is 2. The molecular formula is C23H26N4O4S. The molecule has 0 atom stereocenters. The second kappa shape index (κ2) is 11.3. The van der Waals surface area contributed by atoms with Crippen LogP contribution in [-0.2, 0) is 16.6 Å². The summed E-state index contributed by atoms with van der Waals surface area (Å²) in [5, 5.41) is 11.9. The van der Waals surface area contributed by atoms with Crippen LogP contribution >= 0.6 is 11.8 Å². The summed E-state index contributed by atoms with van der Waals surface area (Å²) in [5.74, 6) is 1.11. The summed E-state index contributed by atoms with van der Waals surface area (Å²) < 4.78 is 12.2. The number of hydrogen-bond acceptors (Lipinski definition) is 7. The van der Waals surface area contributed by atoms with Gasteiger partial charge >= 0.3 is 5.97 Å². The predicted octanol–water partition coefficient (Wildman–Crippen LogP) is 4.18. The molecule has 1 amide bonds. The monoisotopic (exact) mass is 454 g/mol. The van der Waals surface area contributed by atoms with Crippen LogP contribution in [0.3, 0.4) is 0 Å². The molecule has 1 N–H and O–H groups in total. The SMILES string of the molecule is CCCCOC(=O)c1ccc(NC(=O)CSc2nnc(-c3ccc(OC)cc3)n2C)cc1. The van der Waals surface area contributed by atoms with Crippen LogP contribution in [0, 0.1) is 0 Å². The number of unbranched alkanes of at least 4 members (excludes halogenated alkanes) is 1. The molecule has 0 aliphatic rings. The summed E-state index contributed by atoms with van der Waals surface area (Å²) in [4.78, 5) is 24.3. The number of amides is 1. The molecule has 0 bridgehead atoms. The Morgan fingerprint density at radius 3 is 2.44 bits per heavy atom. The lowest BCUT2D eigenvalue weighted by atomic mass is 10.2. The van der Waals surface area contributed by atoms with Crippen molar-refractivity contribution in [2.45, 2.75) is 24.9 Å². The lowest BCUT2D eigenvalue weighted by Crippen LogP contribution is -2.14. The van der Waals surface area contributed by atoms with E-state index < -0.39 is 0 Å². The van der Waals surface area contributed by atoms with E-state index in [0.717, 1.165) is 24.2 Å². The first-order valence-corrected chi connectivity index (χ1v) is 11.2. The average molecular weight is 455 g/mol. The Hall–Kier alpha value is -3.33. The number of methoxy groups -OCH3 is 1. The van der Waals surface area contributed by atoms with Crippen LogP contribution in [0.15, 0.2) is 53.7 Å². The van der Waals surface area contributed by atoms with E-state index in [1.165, 1.54) is 11.8 Å². The number of rotatable bonds is 10. The van der Waals surface area contributed by atoms with Crippen molar-refractivity contribution >= 4 is 29.3 Å². The van der Waals surface area contributed by atoms with Gasteiger partial charge in [-0.15, -0.1) is 10.2 Å². The summed E-state index contributed by atoms with van der Waals surface area (Å²) in [6, 6.07) is 14.2. The van der Waals surface area contributed by atoms with Gasteiger partial charge in [0.2, 0.25) is 5.91 Å². The number of ether oxygens (including phenoxy) is 2. The minimum Gasteiger partial charge on any atom is -0.497 e. The van der Waals surface area contributed by atoms with Crippen LogP contribution < -0.4 is 10.1 Å². The third kappa shape index (κ3) is 6.10. The van der Waals surface area contributed by atoms with Crippen LogP contribution in [0.4, 0.5) is 5.69 Å². The van der Waals surface area contributed by atoms with E-state index in [2.05, 4.69) is 15.5 Å². The standard InChI is InChI=1S/C23H26N4O4S/c1-4-5-14-31-22(29)17-6-10-18(11-7-17)24-20(28)15-32-23-26-25-21(27(23)2)16-8-12-19(30-3)13-9-16/h6-13H,4-5,14-15H2,1-3H3,(H,24,28). The van der Waals surface area contributed by atoms with Gasteiger partial charge in [0.05, 0.1) is 25.0 Å². The van der Waals surface area contributed by atoms with Crippen molar-refractivity contribution in [2.24, 2.45) is 7.05 Å². The van der Waals surface area contributed by atoms with Gasteiger partial charge in [0.15, 0.2) is 11.0 Å². The molecule has 3 rings (SSSR count). The molecule has 0 unspecified atom stereocenters. The molecule has 32 heavy (non-hydrogen) atoms. The van der Waals surface area contributed by atoms with Crippen LogP contribution in [0.5, 0.6) is 5.75 Å². The lowest BCUT2D eigenvalue weighted by Gasteiger charge is -2.07. The van der Waals surface area contributed by atoms with Gasteiger partial charge < -0.3 is 19.4 Å². The Kier molecular flexibility index (Phi) is 8.27. The smallest absolute Gasteiger partial charge is 0.338 e. The normalized spacial score (nSPS) is 10.6. The summed E-state index contributed by atoms with van der Waals surface area (Å²) >= 11 is 1.30. The molecule has 168 valence electrons. The van der Waals surface area contributed by atoms with E-state index in [1.54, 1.807) is 31.4 Å². The number of nitrogens with zero attached hydrogens (tertiary/aromatic N) is 3. The highest BCUT2D eigenvalue weighted by Gasteiger charge is 2.14. The quantitative estimate of drug-likeness (QED) is 0.279. The Morgan fingerprint density at radius 1 is 1.06 bits per heavy atom. The number of esters is 1. The van der Waals surface area contributed by atoms with Gasteiger partial charge in [-0.1, -0.05) is 25.1 Å². The number of carbonyl (C=O) groups is 2. The van der Waals surface area contributed by atoms with E-state index in [-0.39, 0.29) is 17.6 Å². The van der Waals surface area contributed by atoms with Crippen LogP contribution in [-0.4, -0.2) is 46.1 Å². The number of thioether (sulfide) groups is 1. The van der Waals surface area contributed by atoms with E-state index in [4.69, 9.17) is 9.47 Å². The molecule has 2 aromatic carbocycles. The minimum absolute atomic E-state index is 0.176. The van der Waals surface area contributed by atoms with Crippen molar-refractivity contribution in [3.05, 3.63) is 54.1 Å². The van der Waals surface area contributed by atoms with Crippen LogP contribution in [0.25, 0.3) is 11.4 Å². The van der Waals surface area contributed by atoms with Gasteiger partial charge in [-0.05, 0) is 55.0 Å². The van der Waals surface area contributed by atoms with Gasteiger partial charge in [-0.25, -0.2) is 4.79 Å². The highest BCUT2D eigenvalue weighted by atomic mass is 32.2. The fourth-order valence-corrected chi connectivity index (χ4v) is 3.55. The van der Waals surface area contributed by atoms with Gasteiger partial charge in [0.1, 0.15) is 5.75 Å². The number of hydrogen-bond donors (Lipinski definition) is 1. The zero-order valence-corrected chi connectivity index (χ0v) is 19.1. The van der Waals surface area contributed by atoms with Crippen molar-refractivity contribution in [2.75, 3.05) is 24.8 Å². The zero-order valence-electron chi connectivity index (χ0n) is 18.3. The lowest BCUT2D eigenvalue weighted by molar-refractivity contribution is -0.113.